The predicted molar refractivity (Wildman–Crippen MR) is 84.2 cm³/mol. The Morgan fingerprint density at radius 3 is 2.24 bits per heavy atom. The largest absolute Gasteiger partial charge is 0.478 e. The fourth-order valence-corrected chi connectivity index (χ4v) is 2.40. The van der Waals surface area contributed by atoms with Crippen LogP contribution in [0.1, 0.15) is 10.4 Å². The van der Waals surface area contributed by atoms with Gasteiger partial charge in [0.25, 0.3) is 0 Å². The lowest BCUT2D eigenvalue weighted by Crippen LogP contribution is -2.13. The summed E-state index contributed by atoms with van der Waals surface area (Å²) in [5, 5.41) is 12.2. The third-order valence-electron chi connectivity index (χ3n) is 2.60. The maximum absolute atomic E-state index is 11.8. The fraction of sp³-hybridized carbons (Fsp3) is 0.0667. The zero-order valence-corrected chi connectivity index (χ0v) is 12.4. The van der Waals surface area contributed by atoms with E-state index in [-0.39, 0.29) is 17.2 Å². The van der Waals surface area contributed by atoms with Gasteiger partial charge in [-0.05, 0) is 48.5 Å². The summed E-state index contributed by atoms with van der Waals surface area (Å²) in [6.07, 6.45) is 0. The van der Waals surface area contributed by atoms with E-state index in [9.17, 15) is 9.59 Å². The molecule has 0 bridgehead atoms. The van der Waals surface area contributed by atoms with E-state index in [1.165, 1.54) is 23.9 Å². The minimum atomic E-state index is -0.966. The summed E-state index contributed by atoms with van der Waals surface area (Å²) < 4.78 is 0. The van der Waals surface area contributed by atoms with Crippen LogP contribution in [0.5, 0.6) is 0 Å². The summed E-state index contributed by atoms with van der Waals surface area (Å²) in [4.78, 5) is 23.4. The van der Waals surface area contributed by atoms with E-state index in [2.05, 4.69) is 5.32 Å². The standard InChI is InChI=1S/C15H12ClNO3S/c16-11-3-5-12(6-4-11)17-14(18)9-21-13-7-1-10(2-8-13)15(19)20/h1-8H,9H2,(H,17,18)(H,19,20). The average Bonchev–Trinajstić information content (AvgIpc) is 2.48. The summed E-state index contributed by atoms with van der Waals surface area (Å²) >= 11 is 7.11. The maximum atomic E-state index is 11.8. The number of aromatic carboxylic acids is 1. The minimum Gasteiger partial charge on any atom is -0.478 e. The maximum Gasteiger partial charge on any atom is 0.335 e. The van der Waals surface area contributed by atoms with Crippen molar-refractivity contribution in [2.75, 3.05) is 11.1 Å². The summed E-state index contributed by atoms with van der Waals surface area (Å²) in [7, 11) is 0. The Labute approximate surface area is 131 Å². The molecule has 0 spiro atoms. The number of carboxylic acid groups (broad SMARTS) is 1. The van der Waals surface area contributed by atoms with E-state index < -0.39 is 5.97 Å². The Morgan fingerprint density at radius 2 is 1.67 bits per heavy atom. The van der Waals surface area contributed by atoms with Crippen LogP contribution in [0.25, 0.3) is 0 Å². The van der Waals surface area contributed by atoms with Crippen molar-refractivity contribution < 1.29 is 14.7 Å². The van der Waals surface area contributed by atoms with Crippen molar-refractivity contribution in [3.8, 4) is 0 Å². The van der Waals surface area contributed by atoms with Crippen molar-refractivity contribution in [3.63, 3.8) is 0 Å². The molecule has 0 aromatic heterocycles. The van der Waals surface area contributed by atoms with Crippen molar-refractivity contribution in [3.05, 3.63) is 59.1 Å². The molecule has 1 amide bonds. The molecule has 6 heteroatoms. The molecule has 0 fully saturated rings. The molecule has 2 aromatic rings. The van der Waals surface area contributed by atoms with Crippen LogP contribution in [-0.2, 0) is 4.79 Å². The first-order valence-electron chi connectivity index (χ1n) is 6.06. The molecule has 4 nitrogen and oxygen atoms in total. The number of carbonyl (C=O) groups excluding carboxylic acids is 1. The first-order chi connectivity index (χ1) is 10.0. The second kappa shape index (κ2) is 7.15. The van der Waals surface area contributed by atoms with E-state index >= 15 is 0 Å². The molecule has 0 heterocycles. The number of carboxylic acids is 1. The van der Waals surface area contributed by atoms with Crippen LogP contribution in [-0.4, -0.2) is 22.7 Å². The quantitative estimate of drug-likeness (QED) is 0.823. The second-order valence-electron chi connectivity index (χ2n) is 4.17. The Hall–Kier alpha value is -1.98. The van der Waals surface area contributed by atoms with Gasteiger partial charge >= 0.3 is 5.97 Å². The van der Waals surface area contributed by atoms with E-state index in [4.69, 9.17) is 16.7 Å². The highest BCUT2D eigenvalue weighted by atomic mass is 35.5. The predicted octanol–water partition coefficient (Wildman–Crippen LogP) is 3.77. The monoisotopic (exact) mass is 321 g/mol. The molecule has 0 aliphatic rings. The normalized spacial score (nSPS) is 10.1. The zero-order chi connectivity index (χ0) is 15.2. The van der Waals surface area contributed by atoms with Gasteiger partial charge in [-0.3, -0.25) is 4.79 Å². The van der Waals surface area contributed by atoms with Gasteiger partial charge in [0.05, 0.1) is 11.3 Å². The van der Waals surface area contributed by atoms with Gasteiger partial charge in [-0.15, -0.1) is 11.8 Å². The first kappa shape index (κ1) is 15.4. The number of carbonyl (C=O) groups is 2. The number of halogens is 1. The van der Waals surface area contributed by atoms with Gasteiger partial charge in [0, 0.05) is 15.6 Å². The van der Waals surface area contributed by atoms with Crippen molar-refractivity contribution in [1.82, 2.24) is 0 Å². The zero-order valence-electron chi connectivity index (χ0n) is 10.9. The van der Waals surface area contributed by atoms with Gasteiger partial charge in [0.2, 0.25) is 5.91 Å². The molecule has 0 radical (unpaired) electrons. The summed E-state index contributed by atoms with van der Waals surface area (Å²) in [6, 6.07) is 13.3. The molecule has 2 aromatic carbocycles. The van der Waals surface area contributed by atoms with Crippen molar-refractivity contribution in [2.45, 2.75) is 4.90 Å². The van der Waals surface area contributed by atoms with E-state index in [1.54, 1.807) is 36.4 Å². The molecular weight excluding hydrogens is 310 g/mol. The Balaban J connectivity index is 1.86. The van der Waals surface area contributed by atoms with E-state index in [0.29, 0.717) is 10.7 Å². The van der Waals surface area contributed by atoms with Crippen LogP contribution in [0, 0.1) is 0 Å². The molecule has 0 saturated carbocycles. The minimum absolute atomic E-state index is 0.135. The fourth-order valence-electron chi connectivity index (χ4n) is 1.57. The van der Waals surface area contributed by atoms with Crippen LogP contribution in [0.15, 0.2) is 53.4 Å². The molecule has 0 aliphatic carbocycles. The second-order valence-corrected chi connectivity index (χ2v) is 5.66. The van der Waals surface area contributed by atoms with Crippen molar-refractivity contribution in [2.24, 2.45) is 0 Å². The molecule has 0 saturated heterocycles. The Bertz CT molecular complexity index is 641. The first-order valence-corrected chi connectivity index (χ1v) is 7.42. The third-order valence-corrected chi connectivity index (χ3v) is 3.86. The van der Waals surface area contributed by atoms with Gasteiger partial charge in [0.15, 0.2) is 0 Å². The van der Waals surface area contributed by atoms with E-state index in [0.717, 1.165) is 4.90 Å². The average molecular weight is 322 g/mol. The number of hydrogen-bond acceptors (Lipinski definition) is 3. The lowest BCUT2D eigenvalue weighted by molar-refractivity contribution is -0.113. The number of thioether (sulfide) groups is 1. The smallest absolute Gasteiger partial charge is 0.335 e. The molecule has 21 heavy (non-hydrogen) atoms. The van der Waals surface area contributed by atoms with Crippen LogP contribution in [0.3, 0.4) is 0 Å². The van der Waals surface area contributed by atoms with E-state index in [1.807, 2.05) is 0 Å². The summed E-state index contributed by atoms with van der Waals surface area (Å²) in [5.41, 5.74) is 0.913. The van der Waals surface area contributed by atoms with Crippen LogP contribution >= 0.6 is 23.4 Å². The molecule has 2 rings (SSSR count). The van der Waals surface area contributed by atoms with Gasteiger partial charge in [0.1, 0.15) is 0 Å². The molecular formula is C15H12ClNO3S. The van der Waals surface area contributed by atoms with Gasteiger partial charge in [-0.1, -0.05) is 11.6 Å². The number of hydrogen-bond donors (Lipinski definition) is 2. The molecule has 0 aliphatic heterocycles. The topological polar surface area (TPSA) is 66.4 Å². The number of benzene rings is 2. The Morgan fingerprint density at radius 1 is 1.05 bits per heavy atom. The number of nitrogens with one attached hydrogen (secondary N) is 1. The number of amides is 1. The highest BCUT2D eigenvalue weighted by molar-refractivity contribution is 8.00. The third kappa shape index (κ3) is 4.81. The molecule has 108 valence electrons. The number of anilines is 1. The van der Waals surface area contributed by atoms with Crippen molar-refractivity contribution in [1.29, 1.82) is 0 Å². The number of rotatable bonds is 5. The lowest BCUT2D eigenvalue weighted by Gasteiger charge is -2.05. The van der Waals surface area contributed by atoms with Crippen LogP contribution in [0.2, 0.25) is 5.02 Å². The molecule has 2 N–H and O–H groups in total. The van der Waals surface area contributed by atoms with Gasteiger partial charge < -0.3 is 10.4 Å². The van der Waals surface area contributed by atoms with Crippen molar-refractivity contribution >= 4 is 40.9 Å². The SMILES string of the molecule is O=C(CSc1ccc(C(=O)O)cc1)Nc1ccc(Cl)cc1. The van der Waals surface area contributed by atoms with Gasteiger partial charge in [-0.2, -0.15) is 0 Å². The molecule has 0 unspecified atom stereocenters. The lowest BCUT2D eigenvalue weighted by atomic mass is 10.2. The molecule has 0 atom stereocenters. The van der Waals surface area contributed by atoms with Crippen LogP contribution in [0.4, 0.5) is 5.69 Å². The van der Waals surface area contributed by atoms with Gasteiger partial charge in [-0.25, -0.2) is 4.79 Å². The summed E-state index contributed by atoms with van der Waals surface area (Å²) in [5.74, 6) is -0.855. The highest BCUT2D eigenvalue weighted by Gasteiger charge is 2.05. The Kier molecular flexibility index (Phi) is 5.25. The highest BCUT2D eigenvalue weighted by Crippen LogP contribution is 2.19. The van der Waals surface area contributed by atoms with Crippen LogP contribution < -0.4 is 5.32 Å². The summed E-state index contributed by atoms with van der Waals surface area (Å²) in [6.45, 7) is 0.